The van der Waals surface area contributed by atoms with Crippen molar-refractivity contribution < 1.29 is 5.11 Å². The number of halogens is 1. The zero-order valence-electron chi connectivity index (χ0n) is 11.5. The zero-order chi connectivity index (χ0) is 15.0. The SMILES string of the molecule is Cc1c(Cl)ccc2c(O)c(Cc3ccccc3)c(=O)[nH]c12. The van der Waals surface area contributed by atoms with Crippen molar-refractivity contribution in [2.45, 2.75) is 13.3 Å². The first-order valence-corrected chi connectivity index (χ1v) is 7.02. The molecule has 0 aliphatic carbocycles. The highest BCUT2D eigenvalue weighted by atomic mass is 35.5. The van der Waals surface area contributed by atoms with Gasteiger partial charge in [0.1, 0.15) is 5.75 Å². The van der Waals surface area contributed by atoms with E-state index in [1.165, 1.54) is 0 Å². The zero-order valence-corrected chi connectivity index (χ0v) is 12.2. The smallest absolute Gasteiger partial charge is 0.255 e. The molecule has 0 atom stereocenters. The molecule has 1 heterocycles. The van der Waals surface area contributed by atoms with Gasteiger partial charge in [0.15, 0.2) is 0 Å². The van der Waals surface area contributed by atoms with Gasteiger partial charge >= 0.3 is 0 Å². The number of hydrogen-bond donors (Lipinski definition) is 2. The Labute approximate surface area is 126 Å². The van der Waals surface area contributed by atoms with Crippen LogP contribution < -0.4 is 5.56 Å². The summed E-state index contributed by atoms with van der Waals surface area (Å²) in [7, 11) is 0. The topological polar surface area (TPSA) is 53.1 Å². The number of rotatable bonds is 2. The van der Waals surface area contributed by atoms with Gasteiger partial charge in [-0.05, 0) is 30.2 Å². The lowest BCUT2D eigenvalue weighted by atomic mass is 10.0. The molecule has 21 heavy (non-hydrogen) atoms. The summed E-state index contributed by atoms with van der Waals surface area (Å²) in [5.41, 5.74) is 2.41. The van der Waals surface area contributed by atoms with Crippen LogP contribution in [0, 0.1) is 6.92 Å². The molecule has 0 unspecified atom stereocenters. The van der Waals surface area contributed by atoms with E-state index in [-0.39, 0.29) is 11.3 Å². The van der Waals surface area contributed by atoms with E-state index in [1.54, 1.807) is 12.1 Å². The Bertz CT molecular complexity index is 869. The molecule has 0 radical (unpaired) electrons. The molecule has 0 saturated heterocycles. The summed E-state index contributed by atoms with van der Waals surface area (Å²) >= 11 is 6.06. The van der Waals surface area contributed by atoms with Gasteiger partial charge in [0, 0.05) is 16.8 Å². The van der Waals surface area contributed by atoms with E-state index < -0.39 is 0 Å². The fraction of sp³-hybridized carbons (Fsp3) is 0.118. The largest absolute Gasteiger partial charge is 0.507 e. The van der Waals surface area contributed by atoms with Crippen molar-refractivity contribution in [3.63, 3.8) is 0 Å². The lowest BCUT2D eigenvalue weighted by Gasteiger charge is -2.10. The number of nitrogens with one attached hydrogen (secondary N) is 1. The second-order valence-corrected chi connectivity index (χ2v) is 5.45. The van der Waals surface area contributed by atoms with Crippen molar-refractivity contribution in [3.05, 3.63) is 74.5 Å². The molecule has 0 aliphatic heterocycles. The van der Waals surface area contributed by atoms with Gasteiger partial charge in [0.05, 0.1) is 11.1 Å². The van der Waals surface area contributed by atoms with Gasteiger partial charge in [-0.25, -0.2) is 0 Å². The van der Waals surface area contributed by atoms with Crippen molar-refractivity contribution >= 4 is 22.5 Å². The number of hydrogen-bond acceptors (Lipinski definition) is 2. The quantitative estimate of drug-likeness (QED) is 0.756. The minimum absolute atomic E-state index is 0.0253. The molecule has 3 rings (SSSR count). The Kier molecular flexibility index (Phi) is 3.43. The average Bonchev–Trinajstić information content (AvgIpc) is 2.49. The second-order valence-electron chi connectivity index (χ2n) is 5.04. The van der Waals surface area contributed by atoms with Crippen LogP contribution in [0.2, 0.25) is 5.02 Å². The number of aromatic hydroxyl groups is 1. The first-order chi connectivity index (χ1) is 10.1. The number of benzene rings is 2. The van der Waals surface area contributed by atoms with Crippen LogP contribution in [0.25, 0.3) is 10.9 Å². The van der Waals surface area contributed by atoms with Crippen LogP contribution in [0.4, 0.5) is 0 Å². The van der Waals surface area contributed by atoms with Gasteiger partial charge in [-0.3, -0.25) is 4.79 Å². The Balaban J connectivity index is 2.21. The van der Waals surface area contributed by atoms with Crippen LogP contribution in [0.3, 0.4) is 0 Å². The third-order valence-corrected chi connectivity index (χ3v) is 4.09. The molecule has 0 spiro atoms. The summed E-state index contributed by atoms with van der Waals surface area (Å²) in [4.78, 5) is 15.1. The highest BCUT2D eigenvalue weighted by Crippen LogP contribution is 2.31. The van der Waals surface area contributed by atoms with Gasteiger partial charge < -0.3 is 10.1 Å². The van der Waals surface area contributed by atoms with Crippen LogP contribution in [-0.2, 0) is 6.42 Å². The summed E-state index contributed by atoms with van der Waals surface area (Å²) in [6, 6.07) is 13.0. The maximum absolute atomic E-state index is 12.3. The highest BCUT2D eigenvalue weighted by Gasteiger charge is 2.14. The van der Waals surface area contributed by atoms with E-state index in [0.717, 1.165) is 11.1 Å². The Hall–Kier alpha value is -2.26. The third kappa shape index (κ3) is 2.41. The van der Waals surface area contributed by atoms with Crippen molar-refractivity contribution in [2.75, 3.05) is 0 Å². The molecule has 3 aromatic rings. The molecule has 106 valence electrons. The molecule has 0 saturated carbocycles. The van der Waals surface area contributed by atoms with E-state index in [0.29, 0.717) is 27.9 Å². The fourth-order valence-electron chi connectivity index (χ4n) is 2.47. The number of aromatic amines is 1. The normalized spacial score (nSPS) is 11.0. The van der Waals surface area contributed by atoms with Crippen molar-refractivity contribution in [1.82, 2.24) is 4.98 Å². The van der Waals surface area contributed by atoms with E-state index in [4.69, 9.17) is 11.6 Å². The molecule has 3 nitrogen and oxygen atoms in total. The number of aryl methyl sites for hydroxylation is 1. The number of pyridine rings is 1. The van der Waals surface area contributed by atoms with Gasteiger partial charge in [-0.1, -0.05) is 41.9 Å². The van der Waals surface area contributed by atoms with Crippen molar-refractivity contribution in [1.29, 1.82) is 0 Å². The molecule has 0 amide bonds. The van der Waals surface area contributed by atoms with E-state index in [2.05, 4.69) is 4.98 Å². The monoisotopic (exact) mass is 299 g/mol. The van der Waals surface area contributed by atoms with Gasteiger partial charge in [-0.2, -0.15) is 0 Å². The average molecular weight is 300 g/mol. The van der Waals surface area contributed by atoms with Gasteiger partial charge in [0.25, 0.3) is 5.56 Å². The predicted octanol–water partition coefficient (Wildman–Crippen LogP) is 3.79. The predicted molar refractivity (Wildman–Crippen MR) is 85.2 cm³/mol. The Morgan fingerprint density at radius 3 is 2.57 bits per heavy atom. The molecule has 1 aromatic heterocycles. The van der Waals surface area contributed by atoms with E-state index >= 15 is 0 Å². The standard InChI is InChI=1S/C17H14ClNO2/c1-10-14(18)8-7-12-15(10)19-17(21)13(16(12)20)9-11-5-3-2-4-6-11/h2-8H,9H2,1H3,(H2,19,20,21). The molecule has 0 bridgehead atoms. The van der Waals surface area contributed by atoms with E-state index in [9.17, 15) is 9.90 Å². The molecule has 4 heteroatoms. The fourth-order valence-corrected chi connectivity index (χ4v) is 2.63. The Morgan fingerprint density at radius 2 is 1.86 bits per heavy atom. The number of H-pyrrole nitrogens is 1. The second kappa shape index (κ2) is 5.26. The molecule has 0 aliphatic rings. The molecular weight excluding hydrogens is 286 g/mol. The first-order valence-electron chi connectivity index (χ1n) is 6.65. The van der Waals surface area contributed by atoms with Gasteiger partial charge in [0.2, 0.25) is 0 Å². The molecule has 0 fully saturated rings. The number of aromatic nitrogens is 1. The van der Waals surface area contributed by atoms with E-state index in [1.807, 2.05) is 37.3 Å². The summed E-state index contributed by atoms with van der Waals surface area (Å²) in [6.45, 7) is 1.82. The third-order valence-electron chi connectivity index (χ3n) is 3.68. The van der Waals surface area contributed by atoms with Crippen LogP contribution in [0.5, 0.6) is 5.75 Å². The summed E-state index contributed by atoms with van der Waals surface area (Å²) < 4.78 is 0. The summed E-state index contributed by atoms with van der Waals surface area (Å²) in [5.74, 6) is 0.0253. The van der Waals surface area contributed by atoms with Crippen molar-refractivity contribution in [2.24, 2.45) is 0 Å². The first kappa shape index (κ1) is 13.7. The number of fused-ring (bicyclic) bond motifs is 1. The summed E-state index contributed by atoms with van der Waals surface area (Å²) in [5, 5.41) is 11.6. The van der Waals surface area contributed by atoms with Crippen LogP contribution in [0.15, 0.2) is 47.3 Å². The van der Waals surface area contributed by atoms with Crippen LogP contribution >= 0.6 is 11.6 Å². The minimum atomic E-state index is -0.283. The lowest BCUT2D eigenvalue weighted by molar-refractivity contribution is 0.474. The lowest BCUT2D eigenvalue weighted by Crippen LogP contribution is -2.14. The minimum Gasteiger partial charge on any atom is -0.507 e. The molecule has 2 N–H and O–H groups in total. The molecule has 2 aromatic carbocycles. The highest BCUT2D eigenvalue weighted by molar-refractivity contribution is 6.32. The molecular formula is C17H14ClNO2. The van der Waals surface area contributed by atoms with Gasteiger partial charge in [-0.15, -0.1) is 0 Å². The maximum atomic E-state index is 12.3. The van der Waals surface area contributed by atoms with Crippen LogP contribution in [-0.4, -0.2) is 10.1 Å². The summed E-state index contributed by atoms with van der Waals surface area (Å²) in [6.07, 6.45) is 0.389. The van der Waals surface area contributed by atoms with Crippen LogP contribution in [0.1, 0.15) is 16.7 Å². The maximum Gasteiger partial charge on any atom is 0.255 e. The Morgan fingerprint density at radius 1 is 1.14 bits per heavy atom. The van der Waals surface area contributed by atoms with Crippen molar-refractivity contribution in [3.8, 4) is 5.75 Å².